The van der Waals surface area contributed by atoms with Gasteiger partial charge in [-0.1, -0.05) is 45.0 Å². The predicted octanol–water partition coefficient (Wildman–Crippen LogP) is 5.66. The number of nitrogens with zero attached hydrogens (tertiary/aromatic N) is 1. The minimum atomic E-state index is -0.800. The van der Waals surface area contributed by atoms with E-state index >= 15 is 0 Å². The fourth-order valence-corrected chi connectivity index (χ4v) is 5.28. The summed E-state index contributed by atoms with van der Waals surface area (Å²) in [4.78, 5) is 42.5. The molecule has 1 heterocycles. The second-order valence-corrected chi connectivity index (χ2v) is 12.2. The van der Waals surface area contributed by atoms with Crippen LogP contribution in [0, 0.1) is 5.92 Å². The highest BCUT2D eigenvalue weighted by Crippen LogP contribution is 2.39. The Bertz CT molecular complexity index is 1480. The van der Waals surface area contributed by atoms with Crippen LogP contribution < -0.4 is 14.8 Å². The Hall–Kier alpha value is -3.75. The largest absolute Gasteiger partial charge is 0.494 e. The van der Waals surface area contributed by atoms with E-state index in [-0.39, 0.29) is 22.5 Å². The Morgan fingerprint density at radius 3 is 2.36 bits per heavy atom. The van der Waals surface area contributed by atoms with Crippen LogP contribution in [0.2, 0.25) is 0 Å². The van der Waals surface area contributed by atoms with Crippen molar-refractivity contribution in [1.82, 2.24) is 4.90 Å². The van der Waals surface area contributed by atoms with E-state index in [9.17, 15) is 14.4 Å². The van der Waals surface area contributed by atoms with Gasteiger partial charge >= 0.3 is 0 Å². The maximum absolute atomic E-state index is 13.6. The summed E-state index contributed by atoms with van der Waals surface area (Å²) in [5, 5.41) is 4.17. The molecule has 0 unspecified atom stereocenters. The number of hydrogen-bond donors (Lipinski definition) is 1. The number of benzene rings is 3. The molecule has 1 aliphatic carbocycles. The maximum atomic E-state index is 13.6. The molecule has 0 aromatic heterocycles. The van der Waals surface area contributed by atoms with Crippen molar-refractivity contribution in [3.05, 3.63) is 65.2 Å². The van der Waals surface area contributed by atoms with Crippen molar-refractivity contribution in [3.8, 4) is 11.5 Å². The van der Waals surface area contributed by atoms with Crippen LogP contribution in [0.4, 0.5) is 5.69 Å². The molecule has 5 rings (SSSR count). The van der Waals surface area contributed by atoms with Gasteiger partial charge in [0.25, 0.3) is 11.7 Å². The standard InChI is InChI=1S/C34H40N2O6/c1-34(2,3)23-20-27(29(37)19-22-9-10-22)32(40-4)28(21-23)35-33(39)31(38)26-11-12-30(25-8-6-5-7-24(25)26)42-18-15-36-13-16-41-17-14-36/h5-8,11-12,20-22H,9-10,13-19H2,1-4H3,(H,35,39). The topological polar surface area (TPSA) is 94.2 Å². The van der Waals surface area contributed by atoms with E-state index in [1.54, 1.807) is 18.2 Å². The first kappa shape index (κ1) is 29.7. The molecule has 8 nitrogen and oxygen atoms in total. The molecule has 42 heavy (non-hydrogen) atoms. The molecular weight excluding hydrogens is 532 g/mol. The van der Waals surface area contributed by atoms with E-state index in [0.29, 0.717) is 41.3 Å². The molecule has 3 aromatic carbocycles. The average Bonchev–Trinajstić information content (AvgIpc) is 3.80. The van der Waals surface area contributed by atoms with Crippen LogP contribution in [0.3, 0.4) is 0 Å². The zero-order valence-corrected chi connectivity index (χ0v) is 25.0. The van der Waals surface area contributed by atoms with Gasteiger partial charge in [-0.15, -0.1) is 0 Å². The number of carbonyl (C=O) groups excluding carboxylic acids is 3. The summed E-state index contributed by atoms with van der Waals surface area (Å²) in [5.74, 6) is -0.152. The third kappa shape index (κ3) is 6.82. The number of ketones is 2. The lowest BCUT2D eigenvalue weighted by atomic mass is 9.84. The number of rotatable bonds is 11. The van der Waals surface area contributed by atoms with Crippen LogP contribution >= 0.6 is 0 Å². The van der Waals surface area contributed by atoms with Crippen molar-refractivity contribution in [2.45, 2.75) is 45.4 Å². The molecule has 1 saturated heterocycles. The number of hydrogen-bond acceptors (Lipinski definition) is 7. The Kier molecular flexibility index (Phi) is 8.94. The molecule has 1 aliphatic heterocycles. The number of morpholine rings is 1. The third-order valence-corrected chi connectivity index (χ3v) is 7.98. The first-order valence-electron chi connectivity index (χ1n) is 14.7. The number of Topliss-reactive ketones (excluding diaryl/α,β-unsaturated/α-hetero) is 2. The predicted molar refractivity (Wildman–Crippen MR) is 163 cm³/mol. The van der Waals surface area contributed by atoms with Crippen LogP contribution in [-0.2, 0) is 14.9 Å². The van der Waals surface area contributed by atoms with Crippen molar-refractivity contribution in [3.63, 3.8) is 0 Å². The highest BCUT2D eigenvalue weighted by atomic mass is 16.5. The van der Waals surface area contributed by atoms with Gasteiger partial charge in [-0.25, -0.2) is 0 Å². The molecule has 8 heteroatoms. The fourth-order valence-electron chi connectivity index (χ4n) is 5.28. The summed E-state index contributed by atoms with van der Waals surface area (Å²) in [5.41, 5.74) is 1.60. The van der Waals surface area contributed by atoms with Crippen molar-refractivity contribution in [2.75, 3.05) is 51.9 Å². The number of ether oxygens (including phenoxy) is 3. The molecule has 1 saturated carbocycles. The van der Waals surface area contributed by atoms with E-state index in [2.05, 4.69) is 10.2 Å². The Labute approximate surface area is 247 Å². The number of amides is 1. The highest BCUT2D eigenvalue weighted by molar-refractivity contribution is 6.48. The van der Waals surface area contributed by atoms with E-state index in [1.807, 2.05) is 51.1 Å². The molecular formula is C34H40N2O6. The number of anilines is 1. The van der Waals surface area contributed by atoms with Crippen LogP contribution in [0.5, 0.6) is 11.5 Å². The van der Waals surface area contributed by atoms with Crippen LogP contribution in [0.15, 0.2) is 48.5 Å². The fraction of sp³-hybridized carbons (Fsp3) is 0.441. The number of methoxy groups -OCH3 is 1. The summed E-state index contributed by atoms with van der Waals surface area (Å²) in [6.07, 6.45) is 2.55. The van der Waals surface area contributed by atoms with Gasteiger partial charge in [0.2, 0.25) is 0 Å². The van der Waals surface area contributed by atoms with Crippen LogP contribution in [0.25, 0.3) is 10.8 Å². The van der Waals surface area contributed by atoms with Gasteiger partial charge in [-0.05, 0) is 59.4 Å². The molecule has 2 aliphatic rings. The summed E-state index contributed by atoms with van der Waals surface area (Å²) in [6, 6.07) is 14.5. The van der Waals surface area contributed by atoms with E-state index in [0.717, 1.165) is 56.6 Å². The smallest absolute Gasteiger partial charge is 0.296 e. The molecule has 1 amide bonds. The van der Waals surface area contributed by atoms with Gasteiger partial charge in [0.1, 0.15) is 12.4 Å². The molecule has 222 valence electrons. The molecule has 0 spiro atoms. The van der Waals surface area contributed by atoms with Crippen molar-refractivity contribution < 1.29 is 28.6 Å². The quantitative estimate of drug-likeness (QED) is 0.234. The van der Waals surface area contributed by atoms with E-state index in [4.69, 9.17) is 14.2 Å². The number of nitrogens with one attached hydrogen (secondary N) is 1. The van der Waals surface area contributed by atoms with E-state index < -0.39 is 11.7 Å². The zero-order valence-electron chi connectivity index (χ0n) is 25.0. The molecule has 0 atom stereocenters. The maximum Gasteiger partial charge on any atom is 0.296 e. The lowest BCUT2D eigenvalue weighted by Gasteiger charge is -2.26. The van der Waals surface area contributed by atoms with Crippen molar-refractivity contribution in [2.24, 2.45) is 5.92 Å². The molecule has 2 fully saturated rings. The summed E-state index contributed by atoms with van der Waals surface area (Å²) < 4.78 is 17.2. The third-order valence-electron chi connectivity index (χ3n) is 7.98. The van der Waals surface area contributed by atoms with Gasteiger partial charge in [-0.3, -0.25) is 19.3 Å². The van der Waals surface area contributed by atoms with Gasteiger partial charge in [-0.2, -0.15) is 0 Å². The second kappa shape index (κ2) is 12.6. The SMILES string of the molecule is COc1c(NC(=O)C(=O)c2ccc(OCCN3CCOCC3)c3ccccc23)cc(C(C)(C)C)cc1C(=O)CC1CC1. The summed E-state index contributed by atoms with van der Waals surface area (Å²) in [6.45, 7) is 10.6. The highest BCUT2D eigenvalue weighted by Gasteiger charge is 2.30. The van der Waals surface area contributed by atoms with Gasteiger partial charge in [0, 0.05) is 37.0 Å². The minimum absolute atomic E-state index is 0.0162. The molecule has 1 N–H and O–H groups in total. The van der Waals surface area contributed by atoms with Crippen LogP contribution in [0.1, 0.15) is 66.3 Å². The normalized spacial score (nSPS) is 15.8. The molecule has 0 bridgehead atoms. The average molecular weight is 573 g/mol. The minimum Gasteiger partial charge on any atom is -0.494 e. The first-order chi connectivity index (χ1) is 20.2. The van der Waals surface area contributed by atoms with Crippen LogP contribution in [-0.4, -0.2) is 68.9 Å². The van der Waals surface area contributed by atoms with E-state index in [1.165, 1.54) is 7.11 Å². The zero-order chi connectivity index (χ0) is 29.9. The number of fused-ring (bicyclic) bond motifs is 1. The Balaban J connectivity index is 1.39. The first-order valence-corrected chi connectivity index (χ1v) is 14.7. The van der Waals surface area contributed by atoms with Crippen molar-refractivity contribution in [1.29, 1.82) is 0 Å². The molecule has 3 aromatic rings. The lowest BCUT2D eigenvalue weighted by Crippen LogP contribution is -2.38. The summed E-state index contributed by atoms with van der Waals surface area (Å²) in [7, 11) is 1.47. The van der Waals surface area contributed by atoms with Gasteiger partial charge < -0.3 is 19.5 Å². The lowest BCUT2D eigenvalue weighted by molar-refractivity contribution is -0.112. The monoisotopic (exact) mass is 572 g/mol. The van der Waals surface area contributed by atoms with Gasteiger partial charge in [0.05, 0.1) is 31.6 Å². The second-order valence-electron chi connectivity index (χ2n) is 12.2. The van der Waals surface area contributed by atoms with Gasteiger partial charge in [0.15, 0.2) is 11.5 Å². The van der Waals surface area contributed by atoms with Crippen molar-refractivity contribution >= 4 is 33.9 Å². The Morgan fingerprint density at radius 2 is 1.69 bits per heavy atom. The number of carbonyl (C=O) groups is 3. The Morgan fingerprint density at radius 1 is 0.976 bits per heavy atom. The molecule has 0 radical (unpaired) electrons. The summed E-state index contributed by atoms with van der Waals surface area (Å²) >= 11 is 0.